The van der Waals surface area contributed by atoms with Crippen LogP contribution in [0.2, 0.25) is 0 Å². The van der Waals surface area contributed by atoms with Crippen molar-refractivity contribution in [1.82, 2.24) is 4.57 Å². The maximum atomic E-state index is 4.85. The molecule has 0 aliphatic rings. The third-order valence-corrected chi connectivity index (χ3v) is 5.44. The standard InChI is InChI=1S/C27H23N3/c1-2-29-26-16-10-9-15-24(26)25-18-17-21(19-27(25)29)20-28-30(22-11-5-3-6-12-22)23-13-7-4-8-14-23/h3-20H,2H2,1H3. The SMILES string of the molecule is CCn1c2ccccc2c2ccc(C=NN(c3ccccc3)c3ccccc3)cc21. The third-order valence-electron chi connectivity index (χ3n) is 5.44. The lowest BCUT2D eigenvalue weighted by molar-refractivity contribution is 0.827. The van der Waals surface area contributed by atoms with E-state index in [0.717, 1.165) is 23.5 Å². The first-order valence-corrected chi connectivity index (χ1v) is 10.3. The van der Waals surface area contributed by atoms with Crippen molar-refractivity contribution in [2.24, 2.45) is 5.10 Å². The van der Waals surface area contributed by atoms with E-state index in [1.165, 1.54) is 21.8 Å². The maximum absolute atomic E-state index is 4.85. The lowest BCUT2D eigenvalue weighted by atomic mass is 10.1. The van der Waals surface area contributed by atoms with Crippen LogP contribution in [0.4, 0.5) is 11.4 Å². The highest BCUT2D eigenvalue weighted by atomic mass is 15.5. The summed E-state index contributed by atoms with van der Waals surface area (Å²) in [7, 11) is 0. The van der Waals surface area contributed by atoms with Crippen molar-refractivity contribution in [2.75, 3.05) is 5.01 Å². The van der Waals surface area contributed by atoms with E-state index in [1.54, 1.807) is 0 Å². The van der Waals surface area contributed by atoms with E-state index in [9.17, 15) is 0 Å². The molecule has 0 aliphatic carbocycles. The zero-order chi connectivity index (χ0) is 20.3. The van der Waals surface area contributed by atoms with Crippen molar-refractivity contribution in [3.05, 3.63) is 109 Å². The predicted molar refractivity (Wildman–Crippen MR) is 128 cm³/mol. The number of benzene rings is 4. The molecule has 0 N–H and O–H groups in total. The molecule has 1 aromatic heterocycles. The largest absolute Gasteiger partial charge is 0.341 e. The van der Waals surface area contributed by atoms with Gasteiger partial charge in [-0.15, -0.1) is 0 Å². The van der Waals surface area contributed by atoms with E-state index in [-0.39, 0.29) is 0 Å². The van der Waals surface area contributed by atoms with Gasteiger partial charge in [0.05, 0.1) is 17.6 Å². The molecule has 5 rings (SSSR count). The molecular weight excluding hydrogens is 366 g/mol. The molecule has 30 heavy (non-hydrogen) atoms. The van der Waals surface area contributed by atoms with Crippen molar-refractivity contribution >= 4 is 39.4 Å². The highest BCUT2D eigenvalue weighted by Gasteiger charge is 2.10. The number of nitrogens with zero attached hydrogens (tertiary/aromatic N) is 3. The summed E-state index contributed by atoms with van der Waals surface area (Å²) in [5, 5.41) is 9.41. The van der Waals surface area contributed by atoms with E-state index in [4.69, 9.17) is 5.10 Å². The van der Waals surface area contributed by atoms with Crippen molar-refractivity contribution in [3.8, 4) is 0 Å². The lowest BCUT2D eigenvalue weighted by Gasteiger charge is -2.19. The molecule has 0 amide bonds. The average Bonchev–Trinajstić information content (AvgIpc) is 3.13. The summed E-state index contributed by atoms with van der Waals surface area (Å²) in [6.45, 7) is 3.13. The van der Waals surface area contributed by atoms with Gasteiger partial charge in [-0.2, -0.15) is 5.10 Å². The van der Waals surface area contributed by atoms with Gasteiger partial charge in [0.1, 0.15) is 0 Å². The normalized spacial score (nSPS) is 11.5. The monoisotopic (exact) mass is 389 g/mol. The molecule has 5 aromatic rings. The fraction of sp³-hybridized carbons (Fsp3) is 0.0741. The summed E-state index contributed by atoms with van der Waals surface area (Å²) >= 11 is 0. The minimum Gasteiger partial charge on any atom is -0.341 e. The Balaban J connectivity index is 1.58. The van der Waals surface area contributed by atoms with Gasteiger partial charge in [0.25, 0.3) is 0 Å². The molecule has 0 saturated carbocycles. The number of hydrogen-bond donors (Lipinski definition) is 0. The predicted octanol–water partition coefficient (Wildman–Crippen LogP) is 6.99. The number of para-hydroxylation sites is 3. The first-order valence-electron chi connectivity index (χ1n) is 10.3. The molecule has 146 valence electrons. The van der Waals surface area contributed by atoms with Gasteiger partial charge in [-0.25, -0.2) is 5.01 Å². The topological polar surface area (TPSA) is 20.5 Å². The number of rotatable bonds is 5. The van der Waals surface area contributed by atoms with Gasteiger partial charge in [-0.1, -0.05) is 66.7 Å². The van der Waals surface area contributed by atoms with Gasteiger partial charge in [-0.3, -0.25) is 0 Å². The van der Waals surface area contributed by atoms with Crippen LogP contribution in [0.5, 0.6) is 0 Å². The highest BCUT2D eigenvalue weighted by molar-refractivity contribution is 6.09. The number of aromatic nitrogens is 1. The molecule has 0 bridgehead atoms. The fourth-order valence-electron chi connectivity index (χ4n) is 4.03. The van der Waals surface area contributed by atoms with Crippen LogP contribution in [0.1, 0.15) is 12.5 Å². The first-order chi connectivity index (χ1) is 14.8. The number of hydrogen-bond acceptors (Lipinski definition) is 2. The van der Waals surface area contributed by atoms with E-state index >= 15 is 0 Å². The quantitative estimate of drug-likeness (QED) is 0.234. The van der Waals surface area contributed by atoms with Gasteiger partial charge in [0.15, 0.2) is 0 Å². The van der Waals surface area contributed by atoms with Crippen LogP contribution >= 0.6 is 0 Å². The molecule has 0 atom stereocenters. The maximum Gasteiger partial charge on any atom is 0.0652 e. The Morgan fingerprint density at radius 3 is 1.97 bits per heavy atom. The lowest BCUT2D eigenvalue weighted by Crippen LogP contribution is -2.09. The van der Waals surface area contributed by atoms with Gasteiger partial charge < -0.3 is 4.57 Å². The van der Waals surface area contributed by atoms with Crippen molar-refractivity contribution in [2.45, 2.75) is 13.5 Å². The van der Waals surface area contributed by atoms with Gasteiger partial charge in [0, 0.05) is 28.4 Å². The second-order valence-corrected chi connectivity index (χ2v) is 7.27. The molecule has 0 fully saturated rings. The summed E-state index contributed by atoms with van der Waals surface area (Å²) in [6, 6.07) is 35.7. The molecule has 4 aromatic carbocycles. The van der Waals surface area contributed by atoms with Crippen LogP contribution < -0.4 is 5.01 Å². The minimum absolute atomic E-state index is 0.935. The van der Waals surface area contributed by atoms with Crippen LogP contribution in [0.25, 0.3) is 21.8 Å². The summed E-state index contributed by atoms with van der Waals surface area (Å²) < 4.78 is 2.37. The second kappa shape index (κ2) is 7.88. The molecule has 3 nitrogen and oxygen atoms in total. The smallest absolute Gasteiger partial charge is 0.0652 e. The Morgan fingerprint density at radius 1 is 0.700 bits per heavy atom. The Hall–Kier alpha value is -3.85. The Kier molecular flexibility index (Phi) is 4.78. The summed E-state index contributed by atoms with van der Waals surface area (Å²) in [4.78, 5) is 0. The van der Waals surface area contributed by atoms with Crippen LogP contribution in [-0.4, -0.2) is 10.8 Å². The van der Waals surface area contributed by atoms with Gasteiger partial charge in [-0.05, 0) is 48.9 Å². The zero-order valence-corrected chi connectivity index (χ0v) is 16.9. The highest BCUT2D eigenvalue weighted by Crippen LogP contribution is 2.30. The van der Waals surface area contributed by atoms with Crippen LogP contribution in [0.3, 0.4) is 0 Å². The Morgan fingerprint density at radius 2 is 1.30 bits per heavy atom. The zero-order valence-electron chi connectivity index (χ0n) is 16.9. The van der Waals surface area contributed by atoms with Crippen LogP contribution in [0.15, 0.2) is 108 Å². The molecule has 0 aliphatic heterocycles. The van der Waals surface area contributed by atoms with Crippen LogP contribution in [0, 0.1) is 0 Å². The molecule has 0 spiro atoms. The molecule has 0 saturated heterocycles. The number of aryl methyl sites for hydroxylation is 1. The first kappa shape index (κ1) is 18.2. The third kappa shape index (κ3) is 3.25. The fourth-order valence-corrected chi connectivity index (χ4v) is 4.03. The number of fused-ring (bicyclic) bond motifs is 3. The van der Waals surface area contributed by atoms with Crippen molar-refractivity contribution in [1.29, 1.82) is 0 Å². The number of anilines is 2. The summed E-state index contributed by atoms with van der Waals surface area (Å²) in [5.74, 6) is 0. The second-order valence-electron chi connectivity index (χ2n) is 7.27. The Labute approximate surface area is 176 Å². The van der Waals surface area contributed by atoms with Crippen molar-refractivity contribution in [3.63, 3.8) is 0 Å². The van der Waals surface area contributed by atoms with Crippen LogP contribution in [-0.2, 0) is 6.54 Å². The number of hydrazone groups is 1. The van der Waals surface area contributed by atoms with Crippen molar-refractivity contribution < 1.29 is 0 Å². The van der Waals surface area contributed by atoms with E-state index in [0.29, 0.717) is 0 Å². The summed E-state index contributed by atoms with van der Waals surface area (Å²) in [6.07, 6.45) is 1.94. The summed E-state index contributed by atoms with van der Waals surface area (Å²) in [5.41, 5.74) is 5.66. The van der Waals surface area contributed by atoms with Gasteiger partial charge in [0.2, 0.25) is 0 Å². The molecule has 0 unspecified atom stereocenters. The Bertz CT molecular complexity index is 1280. The van der Waals surface area contributed by atoms with Gasteiger partial charge >= 0.3 is 0 Å². The van der Waals surface area contributed by atoms with E-state index < -0.39 is 0 Å². The molecule has 0 radical (unpaired) electrons. The molecule has 3 heteroatoms. The minimum atomic E-state index is 0.935. The average molecular weight is 390 g/mol. The van der Waals surface area contributed by atoms with E-state index in [2.05, 4.69) is 78.2 Å². The van der Waals surface area contributed by atoms with E-state index in [1.807, 2.05) is 47.6 Å². The molecule has 1 heterocycles. The molecular formula is C27H23N3.